The van der Waals surface area contributed by atoms with Gasteiger partial charge in [-0.2, -0.15) is 9.61 Å². The second kappa shape index (κ2) is 6.41. The van der Waals surface area contributed by atoms with Crippen molar-refractivity contribution in [2.24, 2.45) is 5.92 Å². The van der Waals surface area contributed by atoms with Gasteiger partial charge in [0.1, 0.15) is 6.33 Å². The third kappa shape index (κ3) is 3.34. The molecule has 0 aromatic carbocycles. The molecular formula is C16H25N5. The van der Waals surface area contributed by atoms with Crippen LogP contribution in [-0.2, 0) is 0 Å². The molecule has 5 nitrogen and oxygen atoms in total. The summed E-state index contributed by atoms with van der Waals surface area (Å²) in [7, 11) is 0. The van der Waals surface area contributed by atoms with Gasteiger partial charge >= 0.3 is 0 Å². The number of hydrogen-bond acceptors (Lipinski definition) is 4. The monoisotopic (exact) mass is 287 g/mol. The van der Waals surface area contributed by atoms with Crippen molar-refractivity contribution in [3.63, 3.8) is 0 Å². The topological polar surface area (TPSA) is 55.1 Å². The fraction of sp³-hybridized carbons (Fsp3) is 0.688. The minimum atomic E-state index is 0.399. The van der Waals surface area contributed by atoms with Crippen LogP contribution in [0.2, 0.25) is 0 Å². The van der Waals surface area contributed by atoms with Crippen LogP contribution in [0.25, 0.3) is 5.65 Å². The smallest absolute Gasteiger partial charge is 0.200 e. The summed E-state index contributed by atoms with van der Waals surface area (Å²) in [5.74, 6) is 1.29. The van der Waals surface area contributed by atoms with E-state index in [1.807, 2.05) is 0 Å². The molecule has 1 saturated carbocycles. The Bertz CT molecular complexity index is 583. The molecular weight excluding hydrogens is 262 g/mol. The van der Waals surface area contributed by atoms with Gasteiger partial charge in [-0.3, -0.25) is 0 Å². The number of hydrogen-bond donors (Lipinski definition) is 1. The van der Waals surface area contributed by atoms with Gasteiger partial charge in [0.15, 0.2) is 0 Å². The highest BCUT2D eigenvalue weighted by Crippen LogP contribution is 2.26. The van der Waals surface area contributed by atoms with Crippen LogP contribution in [0, 0.1) is 5.92 Å². The van der Waals surface area contributed by atoms with Crippen molar-refractivity contribution in [1.82, 2.24) is 19.8 Å². The molecule has 0 aliphatic heterocycles. The number of anilines is 1. The number of nitrogens with zero attached hydrogens (tertiary/aromatic N) is 4. The first-order valence-corrected chi connectivity index (χ1v) is 8.19. The van der Waals surface area contributed by atoms with Gasteiger partial charge in [0.25, 0.3) is 0 Å². The molecule has 0 amide bonds. The van der Waals surface area contributed by atoms with E-state index >= 15 is 0 Å². The summed E-state index contributed by atoms with van der Waals surface area (Å²) in [6.07, 6.45) is 9.96. The maximum atomic E-state index is 4.54. The van der Waals surface area contributed by atoms with Crippen LogP contribution in [-0.4, -0.2) is 26.4 Å². The van der Waals surface area contributed by atoms with E-state index in [1.54, 1.807) is 10.8 Å². The van der Waals surface area contributed by atoms with E-state index in [2.05, 4.69) is 40.5 Å². The Hall–Kier alpha value is -1.65. The normalized spacial score (nSPS) is 16.7. The van der Waals surface area contributed by atoms with E-state index in [-0.39, 0.29) is 0 Å². The Balaban J connectivity index is 1.68. The first kappa shape index (κ1) is 14.3. The van der Waals surface area contributed by atoms with Crippen molar-refractivity contribution >= 4 is 11.3 Å². The molecule has 1 aliphatic carbocycles. The van der Waals surface area contributed by atoms with Crippen LogP contribution in [0.15, 0.2) is 12.4 Å². The van der Waals surface area contributed by atoms with Gasteiger partial charge in [0.05, 0.1) is 11.4 Å². The number of rotatable bonds is 5. The van der Waals surface area contributed by atoms with Crippen molar-refractivity contribution in [1.29, 1.82) is 0 Å². The molecule has 0 spiro atoms. The van der Waals surface area contributed by atoms with Gasteiger partial charge in [0.2, 0.25) is 5.65 Å². The second-order valence-electron chi connectivity index (χ2n) is 6.46. The highest BCUT2D eigenvalue weighted by Gasteiger charge is 2.14. The molecule has 2 aromatic rings. The highest BCUT2D eigenvalue weighted by molar-refractivity contribution is 5.66. The van der Waals surface area contributed by atoms with Crippen LogP contribution in [0.5, 0.6) is 0 Å². The molecule has 0 unspecified atom stereocenters. The zero-order valence-corrected chi connectivity index (χ0v) is 13.0. The first-order chi connectivity index (χ1) is 10.2. The second-order valence-corrected chi connectivity index (χ2v) is 6.46. The average Bonchev–Trinajstić information content (AvgIpc) is 2.96. The van der Waals surface area contributed by atoms with Crippen molar-refractivity contribution < 1.29 is 0 Å². The summed E-state index contributed by atoms with van der Waals surface area (Å²) in [5, 5.41) is 16.2. The fourth-order valence-corrected chi connectivity index (χ4v) is 3.15. The zero-order valence-electron chi connectivity index (χ0n) is 13.0. The molecule has 0 radical (unpaired) electrons. The first-order valence-electron chi connectivity index (χ1n) is 8.19. The van der Waals surface area contributed by atoms with Gasteiger partial charge in [-0.1, -0.05) is 46.0 Å². The molecule has 0 saturated heterocycles. The highest BCUT2D eigenvalue weighted by atomic mass is 15.3. The predicted molar refractivity (Wildman–Crippen MR) is 84.6 cm³/mol. The maximum absolute atomic E-state index is 4.54. The Morgan fingerprint density at radius 3 is 2.86 bits per heavy atom. The van der Waals surface area contributed by atoms with E-state index in [0.717, 1.165) is 29.5 Å². The van der Waals surface area contributed by atoms with Crippen LogP contribution >= 0.6 is 0 Å². The Labute approximate surface area is 126 Å². The van der Waals surface area contributed by atoms with E-state index < -0.39 is 0 Å². The van der Waals surface area contributed by atoms with E-state index in [9.17, 15) is 0 Å². The number of nitrogens with one attached hydrogen (secondary N) is 1. The Morgan fingerprint density at radius 2 is 2.10 bits per heavy atom. The van der Waals surface area contributed by atoms with Crippen LogP contribution in [0.1, 0.15) is 64.0 Å². The maximum Gasteiger partial charge on any atom is 0.200 e. The standard InChI is InChI=1S/C16H25N5/c1-12(2)14-10-15(16-19-18-11-21(16)20-14)17-9-8-13-6-4-3-5-7-13/h10-13,17H,3-9H2,1-2H3. The molecule has 21 heavy (non-hydrogen) atoms. The predicted octanol–water partition coefficient (Wildman–Crippen LogP) is 3.63. The van der Waals surface area contributed by atoms with Crippen molar-refractivity contribution in [2.75, 3.05) is 11.9 Å². The SMILES string of the molecule is CC(C)c1cc(NCCC2CCCCC2)c2nncn2n1. The number of fused-ring (bicyclic) bond motifs is 1. The molecule has 1 fully saturated rings. The van der Waals surface area contributed by atoms with Crippen LogP contribution in [0.4, 0.5) is 5.69 Å². The molecule has 1 aliphatic rings. The summed E-state index contributed by atoms with van der Waals surface area (Å²) >= 11 is 0. The molecule has 2 aromatic heterocycles. The lowest BCUT2D eigenvalue weighted by Crippen LogP contribution is -2.13. The molecule has 0 atom stereocenters. The van der Waals surface area contributed by atoms with E-state index in [4.69, 9.17) is 0 Å². The molecule has 3 rings (SSSR count). The quantitative estimate of drug-likeness (QED) is 0.912. The van der Waals surface area contributed by atoms with E-state index in [1.165, 1.54) is 38.5 Å². The molecule has 0 bridgehead atoms. The summed E-state index contributed by atoms with van der Waals surface area (Å²) in [5.41, 5.74) is 2.95. The van der Waals surface area contributed by atoms with Crippen molar-refractivity contribution in [3.05, 3.63) is 18.1 Å². The summed E-state index contributed by atoms with van der Waals surface area (Å²) in [6, 6.07) is 2.12. The molecule has 1 N–H and O–H groups in total. The van der Waals surface area contributed by atoms with Gasteiger partial charge in [-0.05, 0) is 24.3 Å². The molecule has 5 heteroatoms. The lowest BCUT2D eigenvalue weighted by atomic mass is 9.87. The summed E-state index contributed by atoms with van der Waals surface area (Å²) in [6.45, 7) is 5.32. The Kier molecular flexibility index (Phi) is 4.36. The lowest BCUT2D eigenvalue weighted by molar-refractivity contribution is 0.345. The van der Waals surface area contributed by atoms with Crippen molar-refractivity contribution in [3.8, 4) is 0 Å². The largest absolute Gasteiger partial charge is 0.382 e. The van der Waals surface area contributed by atoms with Crippen LogP contribution in [0.3, 0.4) is 0 Å². The third-order valence-corrected chi connectivity index (χ3v) is 4.47. The van der Waals surface area contributed by atoms with Gasteiger partial charge in [0, 0.05) is 6.54 Å². The summed E-state index contributed by atoms with van der Waals surface area (Å²) < 4.78 is 1.78. The molecule has 114 valence electrons. The van der Waals surface area contributed by atoms with Crippen LogP contribution < -0.4 is 5.32 Å². The Morgan fingerprint density at radius 1 is 1.29 bits per heavy atom. The lowest BCUT2D eigenvalue weighted by Gasteiger charge is -2.21. The fourth-order valence-electron chi connectivity index (χ4n) is 3.15. The minimum Gasteiger partial charge on any atom is -0.382 e. The zero-order chi connectivity index (χ0) is 14.7. The minimum absolute atomic E-state index is 0.399. The van der Waals surface area contributed by atoms with E-state index in [0.29, 0.717) is 5.92 Å². The van der Waals surface area contributed by atoms with Gasteiger partial charge in [-0.15, -0.1) is 10.2 Å². The average molecular weight is 287 g/mol. The van der Waals surface area contributed by atoms with Gasteiger partial charge in [-0.25, -0.2) is 0 Å². The summed E-state index contributed by atoms with van der Waals surface area (Å²) in [4.78, 5) is 0. The third-order valence-electron chi connectivity index (χ3n) is 4.47. The number of aromatic nitrogens is 4. The molecule has 2 heterocycles. The van der Waals surface area contributed by atoms with Crippen molar-refractivity contribution in [2.45, 2.75) is 58.3 Å². The van der Waals surface area contributed by atoms with Gasteiger partial charge < -0.3 is 5.32 Å².